The van der Waals surface area contributed by atoms with Gasteiger partial charge in [0, 0.05) is 31.9 Å². The molecule has 3 aromatic rings. The van der Waals surface area contributed by atoms with E-state index in [4.69, 9.17) is 9.72 Å². The summed E-state index contributed by atoms with van der Waals surface area (Å²) in [7, 11) is 1.58. The highest BCUT2D eigenvalue weighted by atomic mass is 16.5. The number of nitrogens with zero attached hydrogens (tertiary/aromatic N) is 4. The molecule has 0 bridgehead atoms. The number of nitrogens with one attached hydrogen (secondary N) is 2. The monoisotopic (exact) mass is 496 g/mol. The Hall–Kier alpha value is -3.23. The maximum absolute atomic E-state index is 12.6. The van der Waals surface area contributed by atoms with E-state index in [1.807, 2.05) is 44.2 Å². The van der Waals surface area contributed by atoms with Crippen molar-refractivity contribution in [3.8, 4) is 5.75 Å². The number of fused-ring (bicyclic) bond motifs is 3. The van der Waals surface area contributed by atoms with Gasteiger partial charge in [-0.3, -0.25) is 14.0 Å². The summed E-state index contributed by atoms with van der Waals surface area (Å²) in [6.07, 6.45) is 4.50. The first-order valence-corrected chi connectivity index (χ1v) is 12.8. The Morgan fingerprint density at radius 3 is 2.53 bits per heavy atom. The first-order valence-electron chi connectivity index (χ1n) is 12.8. The van der Waals surface area contributed by atoms with Crippen molar-refractivity contribution in [1.29, 1.82) is 0 Å². The van der Waals surface area contributed by atoms with Crippen molar-refractivity contribution in [2.24, 2.45) is 11.3 Å². The summed E-state index contributed by atoms with van der Waals surface area (Å²) in [6.45, 7) is 12.8. The number of rotatable bonds is 12. The summed E-state index contributed by atoms with van der Waals surface area (Å²) in [4.78, 5) is 29.3. The number of benzene rings is 1. The van der Waals surface area contributed by atoms with Crippen LogP contribution in [0.15, 0.2) is 12.1 Å². The van der Waals surface area contributed by atoms with E-state index in [2.05, 4.69) is 34.7 Å². The van der Waals surface area contributed by atoms with Gasteiger partial charge in [-0.2, -0.15) is 0 Å². The zero-order chi connectivity index (χ0) is 26.5. The number of carbonyl (C=O) groups excluding carboxylic acids is 2. The molecule has 1 amide bonds. The minimum absolute atomic E-state index is 0.0750. The van der Waals surface area contributed by atoms with Crippen molar-refractivity contribution in [2.75, 3.05) is 24.3 Å². The second-order valence-corrected chi connectivity index (χ2v) is 11.1. The number of ketones is 1. The number of hydrogen-bond acceptors (Lipinski definition) is 7. The number of amides is 1. The molecule has 0 aliphatic heterocycles. The number of Topliss-reactive ketones (excluding diaryl/α,β-unsaturated/α-hetero) is 1. The molecule has 0 aliphatic carbocycles. The first-order chi connectivity index (χ1) is 17.0. The summed E-state index contributed by atoms with van der Waals surface area (Å²) < 4.78 is 7.51. The summed E-state index contributed by atoms with van der Waals surface area (Å²) in [5.41, 5.74) is 2.58. The van der Waals surface area contributed by atoms with E-state index >= 15 is 0 Å². The van der Waals surface area contributed by atoms with Gasteiger partial charge in [0.25, 0.3) is 0 Å². The number of aryl methyl sites for hydroxylation is 1. The highest BCUT2D eigenvalue weighted by molar-refractivity contribution is 5.96. The molecule has 3 rings (SSSR count). The Bertz CT molecular complexity index is 1230. The van der Waals surface area contributed by atoms with Crippen molar-refractivity contribution in [2.45, 2.75) is 80.1 Å². The molecule has 9 nitrogen and oxygen atoms in total. The number of aromatic nitrogens is 4. The van der Waals surface area contributed by atoms with Gasteiger partial charge in [-0.15, -0.1) is 10.2 Å². The molecule has 0 aliphatic rings. The van der Waals surface area contributed by atoms with Gasteiger partial charge >= 0.3 is 0 Å². The molecule has 36 heavy (non-hydrogen) atoms. The minimum atomic E-state index is -0.127. The standard InChI is InChI=1S/C27H40N6O3/c1-17(2)13-19(34)11-9-8-10-12-28-25-26-32-31-18(3)33(26)22-14-21(23(36-7)15-20(22)30-25)29-24(35)16-27(4,5)6/h14-15,17H,8-13,16H2,1-7H3,(H,28,30)(H,29,35). The van der Waals surface area contributed by atoms with Crippen LogP contribution in [0.5, 0.6) is 5.75 Å². The van der Waals surface area contributed by atoms with Gasteiger partial charge in [0.1, 0.15) is 17.4 Å². The van der Waals surface area contributed by atoms with Gasteiger partial charge in [0.15, 0.2) is 5.82 Å². The minimum Gasteiger partial charge on any atom is -0.494 e. The Kier molecular flexibility index (Phi) is 8.87. The summed E-state index contributed by atoms with van der Waals surface area (Å²) in [6, 6.07) is 3.69. The molecular formula is C27H40N6O3. The van der Waals surface area contributed by atoms with Crippen molar-refractivity contribution in [3.63, 3.8) is 0 Å². The molecule has 1 aromatic carbocycles. The Morgan fingerprint density at radius 2 is 1.86 bits per heavy atom. The summed E-state index contributed by atoms with van der Waals surface area (Å²) >= 11 is 0. The fraction of sp³-hybridized carbons (Fsp3) is 0.593. The molecule has 0 radical (unpaired) electrons. The molecular weight excluding hydrogens is 456 g/mol. The number of hydrogen-bond donors (Lipinski definition) is 2. The van der Waals surface area contributed by atoms with Crippen molar-refractivity contribution >= 4 is 39.9 Å². The van der Waals surface area contributed by atoms with Gasteiger partial charge in [0.2, 0.25) is 11.6 Å². The van der Waals surface area contributed by atoms with Crippen molar-refractivity contribution in [3.05, 3.63) is 18.0 Å². The molecule has 2 aromatic heterocycles. The lowest BCUT2D eigenvalue weighted by atomic mass is 9.92. The molecule has 196 valence electrons. The maximum Gasteiger partial charge on any atom is 0.225 e. The van der Waals surface area contributed by atoms with Crippen LogP contribution in [0.2, 0.25) is 0 Å². The highest BCUT2D eigenvalue weighted by Crippen LogP contribution is 2.32. The van der Waals surface area contributed by atoms with E-state index in [0.717, 1.165) is 37.1 Å². The van der Waals surface area contributed by atoms with E-state index in [9.17, 15) is 9.59 Å². The summed E-state index contributed by atoms with van der Waals surface area (Å²) in [5.74, 6) is 2.60. The average Bonchev–Trinajstić information content (AvgIpc) is 3.16. The fourth-order valence-electron chi connectivity index (χ4n) is 4.25. The zero-order valence-corrected chi connectivity index (χ0v) is 22.7. The van der Waals surface area contributed by atoms with E-state index in [1.54, 1.807) is 7.11 Å². The van der Waals surface area contributed by atoms with Gasteiger partial charge in [-0.1, -0.05) is 41.0 Å². The maximum atomic E-state index is 12.6. The van der Waals surface area contributed by atoms with Crippen LogP contribution in [0.4, 0.5) is 11.5 Å². The Balaban J connectivity index is 1.78. The molecule has 0 saturated heterocycles. The molecule has 0 saturated carbocycles. The van der Waals surface area contributed by atoms with E-state index in [1.165, 1.54) is 0 Å². The van der Waals surface area contributed by atoms with Gasteiger partial charge < -0.3 is 15.4 Å². The number of anilines is 2. The smallest absolute Gasteiger partial charge is 0.225 e. The normalized spacial score (nSPS) is 11.9. The number of carbonyl (C=O) groups is 2. The quantitative estimate of drug-likeness (QED) is 0.316. The lowest BCUT2D eigenvalue weighted by Crippen LogP contribution is -2.20. The lowest BCUT2D eigenvalue weighted by molar-refractivity contribution is -0.120. The third kappa shape index (κ3) is 7.15. The third-order valence-electron chi connectivity index (χ3n) is 5.83. The molecule has 0 spiro atoms. The van der Waals surface area contributed by atoms with Gasteiger partial charge in [-0.25, -0.2) is 4.98 Å². The number of unbranched alkanes of at least 4 members (excludes halogenated alkanes) is 2. The van der Waals surface area contributed by atoms with Crippen LogP contribution < -0.4 is 15.4 Å². The van der Waals surface area contributed by atoms with Crippen LogP contribution in [0.25, 0.3) is 16.7 Å². The van der Waals surface area contributed by atoms with Crippen LogP contribution >= 0.6 is 0 Å². The second kappa shape index (κ2) is 11.7. The summed E-state index contributed by atoms with van der Waals surface area (Å²) in [5, 5.41) is 15.0. The Morgan fingerprint density at radius 1 is 1.11 bits per heavy atom. The molecule has 9 heteroatoms. The second-order valence-electron chi connectivity index (χ2n) is 11.1. The van der Waals surface area contributed by atoms with Crippen molar-refractivity contribution in [1.82, 2.24) is 19.6 Å². The topological polar surface area (TPSA) is 111 Å². The fourth-order valence-corrected chi connectivity index (χ4v) is 4.25. The molecule has 0 unspecified atom stereocenters. The van der Waals surface area contributed by atoms with Crippen LogP contribution in [0, 0.1) is 18.3 Å². The predicted molar refractivity (Wildman–Crippen MR) is 144 cm³/mol. The SMILES string of the molecule is COc1cc2nc(NCCCCCC(=O)CC(C)C)c3nnc(C)n3c2cc1NC(=O)CC(C)(C)C. The van der Waals surface area contributed by atoms with E-state index in [-0.39, 0.29) is 11.3 Å². The van der Waals surface area contributed by atoms with Crippen LogP contribution in [-0.2, 0) is 9.59 Å². The number of ether oxygens (including phenoxy) is 1. The zero-order valence-electron chi connectivity index (χ0n) is 22.7. The van der Waals surface area contributed by atoms with Crippen LogP contribution in [0.1, 0.15) is 79.0 Å². The highest BCUT2D eigenvalue weighted by Gasteiger charge is 2.20. The van der Waals surface area contributed by atoms with E-state index in [0.29, 0.717) is 59.4 Å². The number of methoxy groups -OCH3 is 1. The van der Waals surface area contributed by atoms with Crippen LogP contribution in [0.3, 0.4) is 0 Å². The van der Waals surface area contributed by atoms with E-state index < -0.39 is 0 Å². The molecule has 0 atom stereocenters. The Labute approximate surface area is 213 Å². The first kappa shape index (κ1) is 27.4. The predicted octanol–water partition coefficient (Wildman–Crippen LogP) is 5.56. The molecule has 2 N–H and O–H groups in total. The third-order valence-corrected chi connectivity index (χ3v) is 5.83. The van der Waals surface area contributed by atoms with Crippen LogP contribution in [-0.4, -0.2) is 44.9 Å². The molecule has 0 fully saturated rings. The lowest BCUT2D eigenvalue weighted by Gasteiger charge is -2.19. The average molecular weight is 497 g/mol. The van der Waals surface area contributed by atoms with Gasteiger partial charge in [0.05, 0.1) is 23.8 Å². The largest absolute Gasteiger partial charge is 0.494 e. The van der Waals surface area contributed by atoms with Gasteiger partial charge in [-0.05, 0) is 37.2 Å². The molecule has 2 heterocycles. The van der Waals surface area contributed by atoms with Crippen molar-refractivity contribution < 1.29 is 14.3 Å².